The highest BCUT2D eigenvalue weighted by atomic mass is 16.4. The SMILES string of the molecule is CC[C@H](C)[C@H](NC(=O)CNC(=O)[C@H](C)NC(=O)[C@H](C)NC(=O)[C@H](Cc1cnc[nH]1)NC(=O)[C@H](CC(N)=O)NC(=O)CNC(=O)[C@H](C)NC(=O)CNC(=O)[C@H](Cc1cnc[nH]1)NC(=O)[C@H](CC(C)C)NC(=O)[C@H](CC(C)C)NC(=O)[C@H](CCC(=O)O)NC(=O)[C@@H](N)Cc1ccc(O)cc1)C(=O)N[C@@H](CC(C)C)C(=O)N[C@@H](C(=O)N[C@@H](CC(C)C)C(N)=O)[C@H](C)O. The molecule has 45 heteroatoms. The number of aromatic nitrogens is 4. The van der Waals surface area contributed by atoms with Crippen LogP contribution >= 0.6 is 0 Å². The van der Waals surface area contributed by atoms with Crippen molar-refractivity contribution in [3.63, 3.8) is 0 Å². The molecule has 45 nitrogen and oxygen atoms in total. The minimum absolute atomic E-state index is 0.00720. The van der Waals surface area contributed by atoms with Crippen LogP contribution in [0.25, 0.3) is 0 Å². The molecule has 18 amide bonds. The van der Waals surface area contributed by atoms with Crippen molar-refractivity contribution in [2.75, 3.05) is 19.6 Å². The Balaban J connectivity index is 1.65. The second kappa shape index (κ2) is 52.6. The highest BCUT2D eigenvalue weighted by Gasteiger charge is 2.39. The van der Waals surface area contributed by atoms with Crippen LogP contribution in [0.3, 0.4) is 0 Å². The van der Waals surface area contributed by atoms with E-state index in [1.807, 2.05) is 0 Å². The summed E-state index contributed by atoms with van der Waals surface area (Å²) in [5, 5.41) is 68.9. The fourth-order valence-corrected chi connectivity index (χ4v) is 12.2. The van der Waals surface area contributed by atoms with E-state index in [2.05, 4.69) is 105 Å². The van der Waals surface area contributed by atoms with Gasteiger partial charge < -0.3 is 128 Å². The number of phenolic OH excluding ortho intramolecular Hbond substituents is 1. The Kier molecular flexibility index (Phi) is 44.7. The lowest BCUT2D eigenvalue weighted by Crippen LogP contribution is -2.61. The number of hydrogen-bond donors (Lipinski definition) is 24. The van der Waals surface area contributed by atoms with Gasteiger partial charge in [-0.05, 0) is 114 Å². The van der Waals surface area contributed by atoms with Gasteiger partial charge in [0.05, 0.1) is 50.9 Å². The fraction of sp³-hybridized carbons (Fsp3) is 0.608. The largest absolute Gasteiger partial charge is 0.508 e. The van der Waals surface area contributed by atoms with Gasteiger partial charge in [-0.25, -0.2) is 9.97 Å². The molecule has 0 unspecified atom stereocenters. The van der Waals surface area contributed by atoms with E-state index < -0.39 is 248 Å². The number of nitrogens with one attached hydrogen (secondary N) is 18. The van der Waals surface area contributed by atoms with Crippen molar-refractivity contribution in [1.29, 1.82) is 0 Å². The highest BCUT2D eigenvalue weighted by molar-refractivity contribution is 6.01. The van der Waals surface area contributed by atoms with Crippen LogP contribution in [-0.2, 0) is 110 Å². The number of primary amides is 2. The first kappa shape index (κ1) is 105. The van der Waals surface area contributed by atoms with E-state index in [-0.39, 0.29) is 80.1 Å². The number of benzene rings is 1. The molecule has 0 bridgehead atoms. The van der Waals surface area contributed by atoms with E-state index >= 15 is 0 Å². The van der Waals surface area contributed by atoms with Crippen molar-refractivity contribution in [3.8, 4) is 5.75 Å². The lowest BCUT2D eigenvalue weighted by Gasteiger charge is -2.29. The van der Waals surface area contributed by atoms with Gasteiger partial charge in [0, 0.05) is 43.0 Å². The number of nitrogens with zero attached hydrogens (tertiary/aromatic N) is 2. The number of aliphatic hydroxyl groups is 1. The molecule has 0 fully saturated rings. The number of hydrogen-bond acceptors (Lipinski definition) is 24. The molecule has 3 rings (SSSR count). The molecular formula is C79H125N23O22. The molecule has 0 saturated heterocycles. The number of phenols is 1. The van der Waals surface area contributed by atoms with Crippen molar-refractivity contribution < 1.29 is 106 Å². The first-order chi connectivity index (χ1) is 58.1. The summed E-state index contributed by atoms with van der Waals surface area (Å²) in [6.45, 7) is 20.0. The maximum atomic E-state index is 14.3. The second-order valence-electron chi connectivity index (χ2n) is 32.2. The quantitative estimate of drug-likeness (QED) is 0.0250. The van der Waals surface area contributed by atoms with Crippen LogP contribution in [0.4, 0.5) is 0 Å². The normalized spacial score (nSPS) is 15.1. The van der Waals surface area contributed by atoms with Gasteiger partial charge in [0.2, 0.25) is 106 Å². The zero-order valence-corrected chi connectivity index (χ0v) is 72.3. The lowest BCUT2D eigenvalue weighted by molar-refractivity contribution is -0.138. The molecule has 0 aliphatic carbocycles. The molecule has 1 aromatic carbocycles. The van der Waals surface area contributed by atoms with Gasteiger partial charge in [0.1, 0.15) is 84.3 Å². The predicted octanol–water partition coefficient (Wildman–Crippen LogP) is -6.26. The molecule has 0 radical (unpaired) electrons. The van der Waals surface area contributed by atoms with Gasteiger partial charge in [-0.3, -0.25) is 91.1 Å². The monoisotopic (exact) mass is 1750 g/mol. The summed E-state index contributed by atoms with van der Waals surface area (Å²) in [7, 11) is 0. The molecule has 0 saturated carbocycles. The molecule has 16 atom stereocenters. The van der Waals surface area contributed by atoms with E-state index in [1.54, 1.807) is 69.2 Å². The summed E-state index contributed by atoms with van der Waals surface area (Å²) in [4.78, 5) is 268. The number of carbonyl (C=O) groups is 19. The topological polar surface area (TPSA) is 713 Å². The Morgan fingerprint density at radius 2 is 0.766 bits per heavy atom. The van der Waals surface area contributed by atoms with E-state index in [1.165, 1.54) is 77.0 Å². The molecule has 688 valence electrons. The lowest BCUT2D eigenvalue weighted by atomic mass is 9.96. The van der Waals surface area contributed by atoms with Crippen LogP contribution < -0.4 is 102 Å². The Hall–Kier alpha value is -12.7. The van der Waals surface area contributed by atoms with E-state index in [4.69, 9.17) is 17.2 Å². The number of aliphatic hydroxyl groups excluding tert-OH is 1. The second-order valence-corrected chi connectivity index (χ2v) is 32.2. The zero-order valence-electron chi connectivity index (χ0n) is 72.3. The van der Waals surface area contributed by atoms with Gasteiger partial charge in [-0.2, -0.15) is 0 Å². The first-order valence-corrected chi connectivity index (χ1v) is 40.8. The number of aromatic hydroxyl groups is 1. The molecule has 0 aliphatic rings. The van der Waals surface area contributed by atoms with Gasteiger partial charge in [-0.1, -0.05) is 87.8 Å². The van der Waals surface area contributed by atoms with Gasteiger partial charge in [0.15, 0.2) is 0 Å². The van der Waals surface area contributed by atoms with Crippen molar-refractivity contribution in [2.45, 2.75) is 258 Å². The number of carbonyl (C=O) groups excluding carboxylic acids is 18. The molecule has 27 N–H and O–H groups in total. The summed E-state index contributed by atoms with van der Waals surface area (Å²) in [6.07, 6.45) is 1.84. The molecule has 3 aromatic rings. The van der Waals surface area contributed by atoms with Gasteiger partial charge >= 0.3 is 5.97 Å². The van der Waals surface area contributed by atoms with Crippen LogP contribution in [0.5, 0.6) is 5.75 Å². The number of nitrogens with two attached hydrogens (primary N) is 3. The van der Waals surface area contributed by atoms with E-state index in [9.17, 15) is 106 Å². The van der Waals surface area contributed by atoms with Gasteiger partial charge in [-0.15, -0.1) is 0 Å². The summed E-state index contributed by atoms with van der Waals surface area (Å²) in [5.41, 5.74) is 18.3. The maximum absolute atomic E-state index is 14.3. The van der Waals surface area contributed by atoms with E-state index in [0.717, 1.165) is 0 Å². The number of rotatable bonds is 55. The Bertz CT molecular complexity index is 4130. The highest BCUT2D eigenvalue weighted by Crippen LogP contribution is 2.17. The minimum Gasteiger partial charge on any atom is -0.508 e. The molecule has 2 heterocycles. The summed E-state index contributed by atoms with van der Waals surface area (Å²) < 4.78 is 0. The standard InChI is InChI=1S/C79H125N23O22/c1-15-41(10)64(78(123)100-55(25-40(8)9)77(122)102-65(45(14)103)79(124)95-52(66(82)111)22-37(2)3)101-62(108)34-86-68(113)43(12)91-69(114)44(13)92-73(118)57(28-48-31-84-36-89-48)99-76(121)58(29-59(81)105)93-61(107)33-85-67(112)42(11)90-60(106)32-87-71(116)56(27-47-30-83-35-88-47)98-75(120)54(24-39(6)7)97-74(119)53(23-38(4)5)96-72(117)51(20-21-63(109)110)94-70(115)50(80)26-46-16-18-49(104)19-17-46/h16-19,30-31,35-45,50-58,64-65,103-104H,15,20-29,32-34,80H2,1-14H3,(H2,81,105)(H2,82,111)(H,83,88)(H,84,89)(H,85,112)(H,86,113)(H,87,116)(H,90,106)(H,91,114)(H,92,118)(H,93,107)(H,94,115)(H,95,124)(H,96,117)(H,97,119)(H,98,120)(H,99,121)(H,100,123)(H,101,108)(H,102,122)(H,109,110)/t41-,42-,43-,44-,45-,50-,51-,52-,53-,54-,55-,56-,57-,58-,64-,65+/m0/s1. The van der Waals surface area contributed by atoms with Crippen molar-refractivity contribution >= 4 is 112 Å². The van der Waals surface area contributed by atoms with Crippen molar-refractivity contribution in [2.24, 2.45) is 46.8 Å². The Labute approximate surface area is 717 Å². The van der Waals surface area contributed by atoms with Crippen LogP contribution in [-0.4, -0.2) is 258 Å². The third-order valence-corrected chi connectivity index (χ3v) is 19.1. The minimum atomic E-state index is -1.81. The number of amides is 18. The Morgan fingerprint density at radius 1 is 0.395 bits per heavy atom. The fourth-order valence-electron chi connectivity index (χ4n) is 12.2. The number of aliphatic carboxylic acids is 1. The maximum Gasteiger partial charge on any atom is 0.303 e. The van der Waals surface area contributed by atoms with Crippen LogP contribution in [0, 0.1) is 29.6 Å². The number of H-pyrrole nitrogens is 2. The number of carboxylic acids is 1. The molecule has 2 aromatic heterocycles. The zero-order chi connectivity index (χ0) is 93.5. The average molecular weight is 1750 g/mol. The van der Waals surface area contributed by atoms with E-state index in [0.29, 0.717) is 17.7 Å². The smallest absolute Gasteiger partial charge is 0.303 e. The third kappa shape index (κ3) is 39.0. The number of imidazole rings is 2. The van der Waals surface area contributed by atoms with Crippen LogP contribution in [0.15, 0.2) is 49.3 Å². The van der Waals surface area contributed by atoms with Gasteiger partial charge in [0.25, 0.3) is 0 Å². The number of aromatic amines is 2. The average Bonchev–Trinajstić information content (AvgIpc) is 1.27. The Morgan fingerprint density at radius 3 is 1.21 bits per heavy atom. The van der Waals surface area contributed by atoms with Crippen LogP contribution in [0.2, 0.25) is 0 Å². The molecular weight excluding hydrogens is 1620 g/mol. The van der Waals surface area contributed by atoms with Crippen molar-refractivity contribution in [3.05, 3.63) is 66.3 Å². The number of carboxylic acid groups (broad SMARTS) is 1. The first-order valence-electron chi connectivity index (χ1n) is 40.8. The molecule has 0 aliphatic heterocycles. The summed E-state index contributed by atoms with van der Waals surface area (Å²) in [5.74, 6) is -19.5. The third-order valence-electron chi connectivity index (χ3n) is 19.1. The summed E-state index contributed by atoms with van der Waals surface area (Å²) in [6, 6.07) is -14.0. The molecule has 0 spiro atoms. The van der Waals surface area contributed by atoms with Crippen LogP contribution in [0.1, 0.15) is 165 Å². The summed E-state index contributed by atoms with van der Waals surface area (Å²) >= 11 is 0. The predicted molar refractivity (Wildman–Crippen MR) is 444 cm³/mol. The molecule has 124 heavy (non-hydrogen) atoms. The van der Waals surface area contributed by atoms with Crippen molar-refractivity contribution in [1.82, 2.24) is 105 Å².